The quantitative estimate of drug-likeness (QED) is 0.376. The van der Waals surface area contributed by atoms with Crippen LogP contribution in [-0.2, 0) is 4.74 Å². The average Bonchev–Trinajstić information content (AvgIpc) is 2.54. The van der Waals surface area contributed by atoms with E-state index in [2.05, 4.69) is 39.5 Å². The van der Waals surface area contributed by atoms with Crippen LogP contribution in [0.2, 0.25) is 0 Å². The van der Waals surface area contributed by atoms with E-state index in [4.69, 9.17) is 17.0 Å². The minimum atomic E-state index is 0.490. The van der Waals surface area contributed by atoms with Gasteiger partial charge in [0.2, 0.25) is 0 Å². The number of thiocarbonyl (C=S) groups is 1. The van der Waals surface area contributed by atoms with Crippen LogP contribution in [0.25, 0.3) is 0 Å². The molecule has 1 heterocycles. The molecule has 0 spiro atoms. The zero-order chi connectivity index (χ0) is 15.8. The predicted octanol–water partition coefficient (Wildman–Crippen LogP) is 1.90. The summed E-state index contributed by atoms with van der Waals surface area (Å²) >= 11 is 5.10. The van der Waals surface area contributed by atoms with Gasteiger partial charge in [0.1, 0.15) is 0 Å². The number of nitrogens with zero attached hydrogens (tertiary/aromatic N) is 2. The largest absolute Gasteiger partial charge is 0.378 e. The van der Waals surface area contributed by atoms with Crippen LogP contribution in [0.4, 0.5) is 5.69 Å². The number of hydrogen-bond acceptors (Lipinski definition) is 4. The van der Waals surface area contributed by atoms with Crippen molar-refractivity contribution in [3.8, 4) is 0 Å². The van der Waals surface area contributed by atoms with Gasteiger partial charge >= 0.3 is 0 Å². The fourth-order valence-corrected chi connectivity index (χ4v) is 2.15. The Kier molecular flexibility index (Phi) is 6.36. The first-order chi connectivity index (χ1) is 10.6. The van der Waals surface area contributed by atoms with Gasteiger partial charge in [-0.05, 0) is 36.8 Å². The number of benzene rings is 1. The van der Waals surface area contributed by atoms with Crippen molar-refractivity contribution in [3.63, 3.8) is 0 Å². The van der Waals surface area contributed by atoms with Gasteiger partial charge in [-0.3, -0.25) is 5.43 Å². The van der Waals surface area contributed by atoms with E-state index in [1.54, 1.807) is 6.21 Å². The van der Waals surface area contributed by atoms with E-state index in [1.807, 2.05) is 19.1 Å². The topological polar surface area (TPSA) is 48.9 Å². The monoisotopic (exact) mass is 318 g/mol. The fourth-order valence-electron chi connectivity index (χ4n) is 2.03. The molecule has 0 bridgehead atoms. The molecule has 0 radical (unpaired) electrons. The van der Waals surface area contributed by atoms with Crippen LogP contribution < -0.4 is 15.6 Å². The van der Waals surface area contributed by atoms with E-state index in [1.165, 1.54) is 5.69 Å². The van der Waals surface area contributed by atoms with Crippen LogP contribution in [0, 0.1) is 0 Å². The van der Waals surface area contributed by atoms with Gasteiger partial charge in [-0.15, -0.1) is 0 Å². The zero-order valence-electron chi connectivity index (χ0n) is 12.8. The van der Waals surface area contributed by atoms with E-state index < -0.39 is 0 Å². The highest BCUT2D eigenvalue weighted by Crippen LogP contribution is 2.15. The second kappa shape index (κ2) is 8.51. The molecular weight excluding hydrogens is 296 g/mol. The summed E-state index contributed by atoms with van der Waals surface area (Å²) in [6.07, 6.45) is 1.75. The summed E-state index contributed by atoms with van der Waals surface area (Å²) in [7, 11) is 0. The number of rotatable bonds is 5. The summed E-state index contributed by atoms with van der Waals surface area (Å²) in [6.45, 7) is 9.86. The minimum Gasteiger partial charge on any atom is -0.378 e. The third kappa shape index (κ3) is 5.46. The van der Waals surface area contributed by atoms with Gasteiger partial charge in [0.15, 0.2) is 5.11 Å². The summed E-state index contributed by atoms with van der Waals surface area (Å²) in [6, 6.07) is 8.29. The number of anilines is 1. The maximum atomic E-state index is 5.36. The summed E-state index contributed by atoms with van der Waals surface area (Å²) in [5, 5.41) is 7.62. The lowest BCUT2D eigenvalue weighted by atomic mass is 10.2. The zero-order valence-corrected chi connectivity index (χ0v) is 13.7. The Morgan fingerprint density at radius 2 is 2.05 bits per heavy atom. The van der Waals surface area contributed by atoms with Crippen LogP contribution in [0.3, 0.4) is 0 Å². The first kappa shape index (κ1) is 16.5. The molecule has 0 aliphatic carbocycles. The molecule has 0 unspecified atom stereocenters. The second-order valence-electron chi connectivity index (χ2n) is 5.20. The molecule has 2 rings (SSSR count). The second-order valence-corrected chi connectivity index (χ2v) is 5.61. The lowest BCUT2D eigenvalue weighted by molar-refractivity contribution is 0.122. The van der Waals surface area contributed by atoms with Crippen LogP contribution in [-0.4, -0.2) is 44.2 Å². The maximum absolute atomic E-state index is 5.36. The van der Waals surface area contributed by atoms with E-state index in [0.717, 1.165) is 37.4 Å². The first-order valence-corrected chi connectivity index (χ1v) is 7.70. The normalized spacial score (nSPS) is 14.9. The van der Waals surface area contributed by atoms with Crippen LogP contribution in [0.5, 0.6) is 0 Å². The van der Waals surface area contributed by atoms with Crippen molar-refractivity contribution in [2.45, 2.75) is 6.92 Å². The molecule has 22 heavy (non-hydrogen) atoms. The Bertz CT molecular complexity index is 536. The molecule has 1 fully saturated rings. The molecular formula is C16H22N4OS. The highest BCUT2D eigenvalue weighted by Gasteiger charge is 2.10. The van der Waals surface area contributed by atoms with Crippen LogP contribution in [0.1, 0.15) is 12.5 Å². The van der Waals surface area contributed by atoms with Crippen LogP contribution in [0.15, 0.2) is 41.5 Å². The van der Waals surface area contributed by atoms with Crippen molar-refractivity contribution in [2.24, 2.45) is 5.10 Å². The van der Waals surface area contributed by atoms with Crippen molar-refractivity contribution in [3.05, 3.63) is 42.0 Å². The van der Waals surface area contributed by atoms with Crippen LogP contribution >= 0.6 is 12.2 Å². The number of nitrogens with one attached hydrogen (secondary N) is 2. The summed E-state index contributed by atoms with van der Waals surface area (Å²) in [5.41, 5.74) is 6.04. The molecule has 6 heteroatoms. The molecule has 1 aliphatic rings. The highest BCUT2D eigenvalue weighted by molar-refractivity contribution is 7.80. The molecule has 5 nitrogen and oxygen atoms in total. The van der Waals surface area contributed by atoms with Gasteiger partial charge in [-0.1, -0.05) is 24.3 Å². The molecule has 0 atom stereocenters. The molecule has 1 saturated heterocycles. The number of morpholine rings is 1. The van der Waals surface area contributed by atoms with Crippen molar-refractivity contribution in [2.75, 3.05) is 37.7 Å². The average molecular weight is 318 g/mol. The highest BCUT2D eigenvalue weighted by atomic mass is 32.1. The van der Waals surface area contributed by atoms with E-state index >= 15 is 0 Å². The molecule has 1 aromatic carbocycles. The van der Waals surface area contributed by atoms with Gasteiger partial charge < -0.3 is 15.0 Å². The molecule has 1 aliphatic heterocycles. The van der Waals surface area contributed by atoms with Crippen molar-refractivity contribution < 1.29 is 4.74 Å². The van der Waals surface area contributed by atoms with E-state index in [9.17, 15) is 0 Å². The van der Waals surface area contributed by atoms with Crippen molar-refractivity contribution in [1.82, 2.24) is 10.7 Å². The van der Waals surface area contributed by atoms with Gasteiger partial charge in [-0.2, -0.15) is 5.10 Å². The third-order valence-corrected chi connectivity index (χ3v) is 3.44. The molecule has 0 aromatic heterocycles. The minimum absolute atomic E-state index is 0.490. The summed E-state index contributed by atoms with van der Waals surface area (Å²) in [5.74, 6) is 0. The number of hydrazone groups is 1. The molecule has 0 amide bonds. The SMILES string of the molecule is C=C(C)CNC(=S)N/N=C\c1ccc(N2CCOCC2)cc1. The molecule has 118 valence electrons. The van der Waals surface area contributed by atoms with E-state index in [-0.39, 0.29) is 0 Å². The van der Waals surface area contributed by atoms with Crippen molar-refractivity contribution in [1.29, 1.82) is 0 Å². The maximum Gasteiger partial charge on any atom is 0.187 e. The lowest BCUT2D eigenvalue weighted by Crippen LogP contribution is -2.36. The van der Waals surface area contributed by atoms with E-state index in [0.29, 0.717) is 11.7 Å². The Morgan fingerprint density at radius 1 is 1.36 bits per heavy atom. The molecule has 0 saturated carbocycles. The standard InChI is InChI=1S/C16H22N4OS/c1-13(2)11-17-16(22)19-18-12-14-3-5-15(6-4-14)20-7-9-21-10-8-20/h3-6,12H,1,7-11H2,2H3,(H2,17,19,22)/b18-12-. The van der Waals surface area contributed by atoms with Gasteiger partial charge in [0.25, 0.3) is 0 Å². The Morgan fingerprint density at radius 3 is 2.68 bits per heavy atom. The third-order valence-electron chi connectivity index (χ3n) is 3.20. The number of ether oxygens (including phenoxy) is 1. The summed E-state index contributed by atoms with van der Waals surface area (Å²) < 4.78 is 5.36. The van der Waals surface area contributed by atoms with Crippen molar-refractivity contribution >= 4 is 29.2 Å². The Labute approximate surface area is 137 Å². The lowest BCUT2D eigenvalue weighted by Gasteiger charge is -2.28. The molecule has 2 N–H and O–H groups in total. The molecule has 1 aromatic rings. The fraction of sp³-hybridized carbons (Fsp3) is 0.375. The Balaban J connectivity index is 1.81. The number of hydrogen-bond donors (Lipinski definition) is 2. The predicted molar refractivity (Wildman–Crippen MR) is 95.6 cm³/mol. The summed E-state index contributed by atoms with van der Waals surface area (Å²) in [4.78, 5) is 2.32. The van der Waals surface area contributed by atoms with Gasteiger partial charge in [-0.25, -0.2) is 0 Å². The smallest absolute Gasteiger partial charge is 0.187 e. The Hall–Kier alpha value is -1.92. The van der Waals surface area contributed by atoms with Gasteiger partial charge in [0.05, 0.1) is 19.4 Å². The first-order valence-electron chi connectivity index (χ1n) is 7.29. The van der Waals surface area contributed by atoms with Gasteiger partial charge in [0, 0.05) is 25.3 Å².